The first-order valence-corrected chi connectivity index (χ1v) is 20.1. The van der Waals surface area contributed by atoms with Crippen LogP contribution < -0.4 is 5.32 Å². The quantitative estimate of drug-likeness (QED) is 0.169. The molecule has 0 fully saturated rings. The summed E-state index contributed by atoms with van der Waals surface area (Å²) in [6.45, 7) is 9.54. The Bertz CT molecular complexity index is 2630. The van der Waals surface area contributed by atoms with Gasteiger partial charge in [-0.15, -0.1) is 0 Å². The van der Waals surface area contributed by atoms with Gasteiger partial charge in [0.1, 0.15) is 0 Å². The molecule has 0 bridgehead atoms. The summed E-state index contributed by atoms with van der Waals surface area (Å²) in [5, 5.41) is 3.76. The van der Waals surface area contributed by atoms with E-state index in [-0.39, 0.29) is 10.8 Å². The van der Waals surface area contributed by atoms with E-state index in [1.165, 1.54) is 61.2 Å². The van der Waals surface area contributed by atoms with Crippen molar-refractivity contribution < 1.29 is 0 Å². The lowest BCUT2D eigenvalue weighted by Crippen LogP contribution is -2.40. The van der Waals surface area contributed by atoms with Crippen molar-refractivity contribution in [1.29, 1.82) is 0 Å². The van der Waals surface area contributed by atoms with E-state index in [9.17, 15) is 0 Å². The van der Waals surface area contributed by atoms with Crippen molar-refractivity contribution in [3.63, 3.8) is 0 Å². The molecule has 1 nitrogen and oxygen atoms in total. The molecular weight excluding hydrogens is 675 g/mol. The van der Waals surface area contributed by atoms with Crippen LogP contribution in [0.1, 0.15) is 89.2 Å². The molecule has 56 heavy (non-hydrogen) atoms. The first-order chi connectivity index (χ1) is 27.3. The van der Waals surface area contributed by atoms with E-state index in [0.717, 1.165) is 16.8 Å². The summed E-state index contributed by atoms with van der Waals surface area (Å²) in [7, 11) is 0. The van der Waals surface area contributed by atoms with Crippen molar-refractivity contribution >= 4 is 17.3 Å². The summed E-state index contributed by atoms with van der Waals surface area (Å²) in [6, 6.07) is 51.9. The second-order valence-electron chi connectivity index (χ2n) is 17.0. The molecule has 272 valence electrons. The maximum atomic E-state index is 3.76. The van der Waals surface area contributed by atoms with Crippen LogP contribution in [0, 0.1) is 5.92 Å². The van der Waals surface area contributed by atoms with E-state index in [0.29, 0.717) is 11.8 Å². The van der Waals surface area contributed by atoms with Gasteiger partial charge in [0.15, 0.2) is 0 Å². The van der Waals surface area contributed by atoms with Crippen molar-refractivity contribution in [2.24, 2.45) is 5.92 Å². The number of nitrogens with one attached hydrogen (secondary N) is 1. The van der Waals surface area contributed by atoms with Crippen molar-refractivity contribution in [1.82, 2.24) is 0 Å². The van der Waals surface area contributed by atoms with Crippen LogP contribution in [0.4, 0.5) is 5.69 Å². The molecule has 10 rings (SSSR count). The average Bonchev–Trinajstić information content (AvgIpc) is 3.65. The van der Waals surface area contributed by atoms with E-state index < -0.39 is 5.41 Å². The zero-order chi connectivity index (χ0) is 38.1. The Hall–Kier alpha value is -6.18. The molecule has 0 saturated heterocycles. The van der Waals surface area contributed by atoms with Gasteiger partial charge in [0, 0.05) is 23.2 Å². The van der Waals surface area contributed by atoms with Crippen molar-refractivity contribution in [3.8, 4) is 11.1 Å². The van der Waals surface area contributed by atoms with Crippen molar-refractivity contribution in [2.45, 2.75) is 49.9 Å². The molecule has 0 amide bonds. The van der Waals surface area contributed by atoms with E-state index in [4.69, 9.17) is 0 Å². The van der Waals surface area contributed by atoms with Gasteiger partial charge in [-0.2, -0.15) is 0 Å². The maximum Gasteiger partial charge on any atom is 0.0720 e. The predicted molar refractivity (Wildman–Crippen MR) is 236 cm³/mol. The number of fused-ring (bicyclic) bond motifs is 12. The summed E-state index contributed by atoms with van der Waals surface area (Å²) in [5.41, 5.74) is 17.9. The monoisotopic (exact) mass is 721 g/mol. The number of hydrogen-bond donors (Lipinski definition) is 1. The molecule has 4 aliphatic carbocycles. The molecule has 0 saturated carbocycles. The number of hydrogen-bond acceptors (Lipinski definition) is 1. The van der Waals surface area contributed by atoms with Crippen LogP contribution >= 0.6 is 0 Å². The Morgan fingerprint density at radius 1 is 0.554 bits per heavy atom. The lowest BCUT2D eigenvalue weighted by molar-refractivity contribution is 0.394. The first kappa shape index (κ1) is 34.3. The molecule has 6 aromatic rings. The molecule has 0 heterocycles. The molecule has 4 aliphatic rings. The Kier molecular flexibility index (Phi) is 7.94. The molecule has 6 aromatic carbocycles. The average molecular weight is 722 g/mol. The number of rotatable bonds is 6. The summed E-state index contributed by atoms with van der Waals surface area (Å²) in [5.74, 6) is 0.989. The van der Waals surface area contributed by atoms with Crippen molar-refractivity contribution in [3.05, 3.63) is 244 Å². The minimum absolute atomic E-state index is 0.107. The zero-order valence-electron chi connectivity index (χ0n) is 32.6. The lowest BCUT2D eigenvalue weighted by Gasteiger charge is -2.46. The third-order valence-electron chi connectivity index (χ3n) is 13.3. The van der Waals surface area contributed by atoms with Gasteiger partial charge in [-0.1, -0.05) is 204 Å². The van der Waals surface area contributed by atoms with Crippen LogP contribution in [0.25, 0.3) is 22.8 Å². The minimum atomic E-state index is -0.415. The largest absolute Gasteiger partial charge is 0.361 e. The predicted octanol–water partition coefficient (Wildman–Crippen LogP) is 13.5. The van der Waals surface area contributed by atoms with Gasteiger partial charge >= 0.3 is 0 Å². The second-order valence-corrected chi connectivity index (χ2v) is 17.0. The highest BCUT2D eigenvalue weighted by molar-refractivity contribution is 5.90. The van der Waals surface area contributed by atoms with Gasteiger partial charge < -0.3 is 5.32 Å². The molecule has 1 N–H and O–H groups in total. The van der Waals surface area contributed by atoms with Crippen LogP contribution in [0.5, 0.6) is 0 Å². The highest BCUT2D eigenvalue weighted by Crippen LogP contribution is 2.62. The summed E-state index contributed by atoms with van der Waals surface area (Å²) in [4.78, 5) is 0. The van der Waals surface area contributed by atoms with Gasteiger partial charge in [0.25, 0.3) is 0 Å². The molecule has 0 aromatic heterocycles. The van der Waals surface area contributed by atoms with Gasteiger partial charge in [-0.3, -0.25) is 0 Å². The van der Waals surface area contributed by atoms with Crippen LogP contribution in [-0.2, 0) is 16.2 Å². The minimum Gasteiger partial charge on any atom is -0.361 e. The Labute approximate surface area is 332 Å². The van der Waals surface area contributed by atoms with Crippen molar-refractivity contribution in [2.75, 3.05) is 5.32 Å². The van der Waals surface area contributed by atoms with Gasteiger partial charge in [0.2, 0.25) is 0 Å². The summed E-state index contributed by atoms with van der Waals surface area (Å²) < 4.78 is 0. The second kappa shape index (κ2) is 13.0. The molecule has 2 atom stereocenters. The smallest absolute Gasteiger partial charge is 0.0720 e. The fourth-order valence-electron chi connectivity index (χ4n) is 10.6. The van der Waals surface area contributed by atoms with E-state index in [2.05, 4.69) is 227 Å². The van der Waals surface area contributed by atoms with E-state index in [1.54, 1.807) is 0 Å². The lowest BCUT2D eigenvalue weighted by atomic mass is 9.55. The highest BCUT2D eigenvalue weighted by atomic mass is 14.8. The zero-order valence-corrected chi connectivity index (χ0v) is 32.6. The fraction of sp³-hybridized carbons (Fsp3) is 0.164. The molecule has 1 spiro atoms. The number of benzene rings is 6. The highest BCUT2D eigenvalue weighted by Gasteiger charge is 2.53. The maximum absolute atomic E-state index is 3.76. The first-order valence-electron chi connectivity index (χ1n) is 20.1. The number of allylic oxidation sites excluding steroid dienone is 8. The SMILES string of the molecule is CC1(C)c2ccccc2C2(c3ccccc3-c3ccc(N/C=C(/C=C\C=C/c4ccc5c(c4)C(C)(C)C4C=CC=CC54)c4ccccc4)cc32)c2ccccc21. The summed E-state index contributed by atoms with van der Waals surface area (Å²) in [6.07, 6.45) is 20.1. The molecule has 0 aliphatic heterocycles. The van der Waals surface area contributed by atoms with Crippen LogP contribution in [0.15, 0.2) is 188 Å². The Balaban J connectivity index is 1.01. The van der Waals surface area contributed by atoms with Crippen LogP contribution in [0.3, 0.4) is 0 Å². The summed E-state index contributed by atoms with van der Waals surface area (Å²) >= 11 is 0. The van der Waals surface area contributed by atoms with Gasteiger partial charge in [-0.25, -0.2) is 0 Å². The Morgan fingerprint density at radius 3 is 1.95 bits per heavy atom. The Morgan fingerprint density at radius 2 is 1.20 bits per heavy atom. The van der Waals surface area contributed by atoms with E-state index >= 15 is 0 Å². The van der Waals surface area contributed by atoms with Crippen LogP contribution in [-0.4, -0.2) is 0 Å². The fourth-order valence-corrected chi connectivity index (χ4v) is 10.6. The van der Waals surface area contributed by atoms with Gasteiger partial charge in [0.05, 0.1) is 5.41 Å². The normalized spacial score (nSPS) is 20.0. The third kappa shape index (κ3) is 5.07. The molecule has 0 radical (unpaired) electrons. The standard InChI is InChI=1S/C55H47N/c1-53(2)45-24-12-10-22-41(45)43-32-30-37(34-51(43)53)18-8-9-21-39(38-19-6-5-7-20-38)36-56-40-31-33-44-42-23-11-13-25-46(42)55(52(44)35-40)49-28-16-14-26-47(49)54(3,4)48-27-15-17-29-50(48)55/h5-36,41,45,56H,1-4H3/b18-8-,21-9-,39-36-. The topological polar surface area (TPSA) is 12.0 Å². The third-order valence-corrected chi connectivity index (χ3v) is 13.3. The van der Waals surface area contributed by atoms with Gasteiger partial charge in [-0.05, 0) is 95.8 Å². The molecule has 1 heteroatoms. The number of anilines is 1. The van der Waals surface area contributed by atoms with E-state index in [1.807, 2.05) is 0 Å². The van der Waals surface area contributed by atoms with Crippen LogP contribution in [0.2, 0.25) is 0 Å². The molecular formula is C55H47N. The molecule has 2 unspecified atom stereocenters.